The molecule has 0 unspecified atom stereocenters. The molecule has 1 aromatic carbocycles. The highest BCUT2D eigenvalue weighted by atomic mass is 16.1. The molecule has 0 saturated heterocycles. The molecule has 0 fully saturated rings. The van der Waals surface area contributed by atoms with E-state index in [1.54, 1.807) is 0 Å². The number of carbonyl (C=O) groups is 1. The van der Waals surface area contributed by atoms with E-state index in [0.29, 0.717) is 12.3 Å². The summed E-state index contributed by atoms with van der Waals surface area (Å²) < 4.78 is 0. The normalized spacial score (nSPS) is 12.4. The molecule has 0 spiro atoms. The maximum atomic E-state index is 10.6. The molecule has 2 heteroatoms. The fourth-order valence-corrected chi connectivity index (χ4v) is 1.43. The molecule has 0 heterocycles. The van der Waals surface area contributed by atoms with E-state index in [1.165, 1.54) is 5.56 Å². The number of nitrogens with two attached hydrogens (primary N) is 1. The molecule has 2 nitrogen and oxygen atoms in total. The maximum absolute atomic E-state index is 10.6. The Bertz CT molecular complexity index is 269. The number of primary amides is 1. The van der Waals surface area contributed by atoms with Gasteiger partial charge in [0.05, 0.1) is 0 Å². The lowest BCUT2D eigenvalue weighted by Gasteiger charge is -2.08. The number of amides is 1. The number of hydrogen-bond donors (Lipinski definition) is 1. The molecular formula is C11H15NO. The van der Waals surface area contributed by atoms with E-state index in [2.05, 4.69) is 12.1 Å². The Balaban J connectivity index is 2.45. The van der Waals surface area contributed by atoms with Gasteiger partial charge in [0, 0.05) is 6.42 Å². The molecule has 70 valence electrons. The van der Waals surface area contributed by atoms with Crippen molar-refractivity contribution in [2.75, 3.05) is 0 Å². The molecule has 0 aliphatic rings. The molecule has 13 heavy (non-hydrogen) atoms. The van der Waals surface area contributed by atoms with Crippen LogP contribution in [0.4, 0.5) is 0 Å². The molecule has 0 radical (unpaired) electrons. The molecule has 0 aliphatic heterocycles. The average molecular weight is 177 g/mol. The minimum Gasteiger partial charge on any atom is -0.370 e. The highest BCUT2D eigenvalue weighted by molar-refractivity contribution is 5.73. The number of hydrogen-bond acceptors (Lipinski definition) is 1. The second-order valence-corrected chi connectivity index (χ2v) is 3.47. The molecule has 0 saturated carbocycles. The zero-order valence-electron chi connectivity index (χ0n) is 7.86. The predicted octanol–water partition coefficient (Wildman–Crippen LogP) is 1.74. The molecular weight excluding hydrogens is 162 g/mol. The Labute approximate surface area is 78.8 Å². The summed E-state index contributed by atoms with van der Waals surface area (Å²) in [6.07, 6.45) is 1.39. The zero-order valence-corrected chi connectivity index (χ0v) is 7.86. The van der Waals surface area contributed by atoms with Crippen LogP contribution >= 0.6 is 0 Å². The van der Waals surface area contributed by atoms with Crippen LogP contribution in [0.15, 0.2) is 30.3 Å². The van der Waals surface area contributed by atoms with Crippen LogP contribution < -0.4 is 5.73 Å². The van der Waals surface area contributed by atoms with Crippen molar-refractivity contribution in [1.29, 1.82) is 0 Å². The standard InChI is InChI=1S/C11H15NO/c1-9(8-11(12)13)7-10-5-3-2-4-6-10/h2-6,9H,7-8H2,1H3,(H2,12,13)/t9-/m1/s1. The first-order valence-corrected chi connectivity index (χ1v) is 4.50. The summed E-state index contributed by atoms with van der Waals surface area (Å²) in [5, 5.41) is 0. The largest absolute Gasteiger partial charge is 0.370 e. The fourth-order valence-electron chi connectivity index (χ4n) is 1.43. The van der Waals surface area contributed by atoms with E-state index in [0.717, 1.165) is 6.42 Å². The molecule has 1 rings (SSSR count). The van der Waals surface area contributed by atoms with Crippen molar-refractivity contribution in [2.45, 2.75) is 19.8 Å². The summed E-state index contributed by atoms with van der Waals surface area (Å²) in [5.74, 6) is 0.114. The molecule has 0 bridgehead atoms. The lowest BCUT2D eigenvalue weighted by molar-refractivity contribution is -0.118. The minimum absolute atomic E-state index is 0.219. The van der Waals surface area contributed by atoms with Crippen LogP contribution in [0, 0.1) is 5.92 Å². The van der Waals surface area contributed by atoms with Gasteiger partial charge in [0.15, 0.2) is 0 Å². The second-order valence-electron chi connectivity index (χ2n) is 3.47. The number of rotatable bonds is 4. The van der Waals surface area contributed by atoms with Gasteiger partial charge < -0.3 is 5.73 Å². The van der Waals surface area contributed by atoms with E-state index in [1.807, 2.05) is 25.1 Å². The molecule has 1 aromatic rings. The van der Waals surface area contributed by atoms with E-state index in [-0.39, 0.29) is 5.91 Å². The lowest BCUT2D eigenvalue weighted by Crippen LogP contribution is -2.15. The Morgan fingerprint density at radius 2 is 2.00 bits per heavy atom. The van der Waals surface area contributed by atoms with Gasteiger partial charge in [-0.05, 0) is 17.9 Å². The third kappa shape index (κ3) is 3.74. The van der Waals surface area contributed by atoms with Gasteiger partial charge in [-0.15, -0.1) is 0 Å². The van der Waals surface area contributed by atoms with Crippen LogP contribution in [0.5, 0.6) is 0 Å². The van der Waals surface area contributed by atoms with Crippen molar-refractivity contribution in [3.63, 3.8) is 0 Å². The van der Waals surface area contributed by atoms with Gasteiger partial charge in [-0.2, -0.15) is 0 Å². The van der Waals surface area contributed by atoms with Crippen LogP contribution in [-0.4, -0.2) is 5.91 Å². The topological polar surface area (TPSA) is 43.1 Å². The first-order valence-electron chi connectivity index (χ1n) is 4.50. The lowest BCUT2D eigenvalue weighted by atomic mass is 9.98. The Hall–Kier alpha value is -1.31. The molecule has 0 aliphatic carbocycles. The van der Waals surface area contributed by atoms with Crippen molar-refractivity contribution in [2.24, 2.45) is 11.7 Å². The van der Waals surface area contributed by atoms with E-state index in [4.69, 9.17) is 5.73 Å². The Morgan fingerprint density at radius 1 is 1.38 bits per heavy atom. The first kappa shape index (κ1) is 9.78. The minimum atomic E-state index is -0.219. The van der Waals surface area contributed by atoms with Gasteiger partial charge >= 0.3 is 0 Å². The Kier molecular flexibility index (Phi) is 3.50. The summed E-state index contributed by atoms with van der Waals surface area (Å²) in [5.41, 5.74) is 6.37. The predicted molar refractivity (Wildman–Crippen MR) is 53.1 cm³/mol. The van der Waals surface area contributed by atoms with Gasteiger partial charge in [0.2, 0.25) is 5.91 Å². The molecule has 2 N–H and O–H groups in total. The average Bonchev–Trinajstić information content (AvgIpc) is 2.04. The zero-order chi connectivity index (χ0) is 9.68. The van der Waals surface area contributed by atoms with Crippen molar-refractivity contribution in [3.8, 4) is 0 Å². The number of benzene rings is 1. The Morgan fingerprint density at radius 3 is 2.54 bits per heavy atom. The molecule has 1 atom stereocenters. The quantitative estimate of drug-likeness (QED) is 0.748. The fraction of sp³-hybridized carbons (Fsp3) is 0.364. The SMILES string of the molecule is C[C@@H](CC(N)=O)Cc1ccccc1. The first-order chi connectivity index (χ1) is 6.18. The summed E-state index contributed by atoms with van der Waals surface area (Å²) in [7, 11) is 0. The highest BCUT2D eigenvalue weighted by Crippen LogP contribution is 2.10. The van der Waals surface area contributed by atoms with Crippen LogP contribution in [-0.2, 0) is 11.2 Å². The second kappa shape index (κ2) is 4.65. The van der Waals surface area contributed by atoms with Crippen molar-refractivity contribution in [1.82, 2.24) is 0 Å². The summed E-state index contributed by atoms with van der Waals surface area (Å²) in [6, 6.07) is 10.1. The van der Waals surface area contributed by atoms with Crippen molar-refractivity contribution in [3.05, 3.63) is 35.9 Å². The van der Waals surface area contributed by atoms with Gasteiger partial charge in [0.1, 0.15) is 0 Å². The van der Waals surface area contributed by atoms with E-state index in [9.17, 15) is 4.79 Å². The van der Waals surface area contributed by atoms with E-state index < -0.39 is 0 Å². The van der Waals surface area contributed by atoms with E-state index >= 15 is 0 Å². The smallest absolute Gasteiger partial charge is 0.217 e. The van der Waals surface area contributed by atoms with Gasteiger partial charge in [-0.25, -0.2) is 0 Å². The molecule has 1 amide bonds. The molecule has 0 aromatic heterocycles. The van der Waals surface area contributed by atoms with Crippen LogP contribution in [0.2, 0.25) is 0 Å². The summed E-state index contributed by atoms with van der Waals surface area (Å²) in [4.78, 5) is 10.6. The third-order valence-corrected chi connectivity index (χ3v) is 1.98. The third-order valence-electron chi connectivity index (χ3n) is 1.98. The van der Waals surface area contributed by atoms with Crippen LogP contribution in [0.25, 0.3) is 0 Å². The maximum Gasteiger partial charge on any atom is 0.217 e. The van der Waals surface area contributed by atoms with Gasteiger partial charge in [0.25, 0.3) is 0 Å². The highest BCUT2D eigenvalue weighted by Gasteiger charge is 2.06. The van der Waals surface area contributed by atoms with Gasteiger partial charge in [-0.1, -0.05) is 37.3 Å². The van der Waals surface area contributed by atoms with Crippen molar-refractivity contribution < 1.29 is 4.79 Å². The summed E-state index contributed by atoms with van der Waals surface area (Å²) >= 11 is 0. The monoisotopic (exact) mass is 177 g/mol. The number of carbonyl (C=O) groups excluding carboxylic acids is 1. The van der Waals surface area contributed by atoms with Crippen LogP contribution in [0.3, 0.4) is 0 Å². The summed E-state index contributed by atoms with van der Waals surface area (Å²) in [6.45, 7) is 2.04. The van der Waals surface area contributed by atoms with Crippen molar-refractivity contribution >= 4 is 5.91 Å². The van der Waals surface area contributed by atoms with Crippen LogP contribution in [0.1, 0.15) is 18.9 Å². The van der Waals surface area contributed by atoms with Gasteiger partial charge in [-0.3, -0.25) is 4.79 Å².